The molecule has 1 unspecified atom stereocenters. The first-order chi connectivity index (χ1) is 13.4. The summed E-state index contributed by atoms with van der Waals surface area (Å²) in [6, 6.07) is 9.48. The van der Waals surface area contributed by atoms with Crippen LogP contribution in [-0.4, -0.2) is 35.4 Å². The minimum atomic E-state index is -0.822. The number of ketones is 1. The lowest BCUT2D eigenvalue weighted by Crippen LogP contribution is -2.30. The lowest BCUT2D eigenvalue weighted by molar-refractivity contribution is -0.139. The molecule has 2 aromatic carbocycles. The zero-order chi connectivity index (χ0) is 20.4. The van der Waals surface area contributed by atoms with Crippen molar-refractivity contribution in [1.82, 2.24) is 4.90 Å². The van der Waals surface area contributed by atoms with Gasteiger partial charge in [-0.2, -0.15) is 0 Å². The van der Waals surface area contributed by atoms with E-state index in [0.29, 0.717) is 23.6 Å². The number of hydrogen-bond donors (Lipinski definition) is 1. The number of methoxy groups -OCH3 is 1. The van der Waals surface area contributed by atoms with Crippen molar-refractivity contribution in [1.29, 1.82) is 0 Å². The number of likely N-dealkylation sites (tertiary alicyclic amines) is 1. The fourth-order valence-corrected chi connectivity index (χ4v) is 3.48. The predicted octanol–water partition coefficient (Wildman–Crippen LogP) is 4.32. The van der Waals surface area contributed by atoms with Gasteiger partial charge in [-0.1, -0.05) is 30.7 Å². The molecule has 28 heavy (non-hydrogen) atoms. The smallest absolute Gasteiger partial charge is 0.295 e. The SMILES string of the molecule is CCCN1C(=O)C(=O)/C(=C(/O)c2cc(F)ccc2OC)C1c1ccc(Cl)cc1. The van der Waals surface area contributed by atoms with Crippen molar-refractivity contribution < 1.29 is 23.8 Å². The second-order valence-electron chi connectivity index (χ2n) is 6.39. The van der Waals surface area contributed by atoms with Crippen LogP contribution in [0.15, 0.2) is 48.0 Å². The lowest BCUT2D eigenvalue weighted by Gasteiger charge is -2.25. The van der Waals surface area contributed by atoms with Crippen LogP contribution in [-0.2, 0) is 9.59 Å². The molecule has 1 aliphatic heterocycles. The van der Waals surface area contributed by atoms with E-state index in [1.165, 1.54) is 24.1 Å². The Morgan fingerprint density at radius 2 is 1.89 bits per heavy atom. The Kier molecular flexibility index (Phi) is 5.70. The number of amides is 1. The summed E-state index contributed by atoms with van der Waals surface area (Å²) in [7, 11) is 1.37. The normalized spacial score (nSPS) is 18.6. The highest BCUT2D eigenvalue weighted by Gasteiger charge is 2.45. The van der Waals surface area contributed by atoms with Crippen molar-refractivity contribution in [2.24, 2.45) is 0 Å². The van der Waals surface area contributed by atoms with Crippen molar-refractivity contribution in [3.05, 3.63) is 70.0 Å². The molecule has 1 heterocycles. The summed E-state index contributed by atoms with van der Waals surface area (Å²) in [6.45, 7) is 2.21. The first kappa shape index (κ1) is 19.9. The predicted molar refractivity (Wildman–Crippen MR) is 104 cm³/mol. The number of aliphatic hydroxyl groups is 1. The minimum Gasteiger partial charge on any atom is -0.507 e. The third-order valence-electron chi connectivity index (χ3n) is 4.61. The first-order valence-corrected chi connectivity index (χ1v) is 9.14. The Balaban J connectivity index is 2.24. The summed E-state index contributed by atoms with van der Waals surface area (Å²) >= 11 is 5.96. The van der Waals surface area contributed by atoms with Gasteiger partial charge >= 0.3 is 0 Å². The van der Waals surface area contributed by atoms with Crippen LogP contribution in [0.3, 0.4) is 0 Å². The Bertz CT molecular complexity index is 955. The number of nitrogens with zero attached hydrogens (tertiary/aromatic N) is 1. The molecule has 1 N–H and O–H groups in total. The van der Waals surface area contributed by atoms with Gasteiger partial charge in [0.15, 0.2) is 0 Å². The molecule has 1 atom stereocenters. The van der Waals surface area contributed by atoms with Crippen LogP contribution < -0.4 is 4.74 Å². The van der Waals surface area contributed by atoms with Gasteiger partial charge in [-0.15, -0.1) is 0 Å². The molecule has 0 radical (unpaired) electrons. The maximum Gasteiger partial charge on any atom is 0.295 e. The molecule has 2 aromatic rings. The van der Waals surface area contributed by atoms with Gasteiger partial charge in [-0.3, -0.25) is 9.59 Å². The number of Topliss-reactive ketones (excluding diaryl/α,β-unsaturated/α-hetero) is 1. The second kappa shape index (κ2) is 8.02. The highest BCUT2D eigenvalue weighted by atomic mass is 35.5. The van der Waals surface area contributed by atoms with E-state index >= 15 is 0 Å². The molecule has 0 bridgehead atoms. The summed E-state index contributed by atoms with van der Waals surface area (Å²) in [5, 5.41) is 11.4. The zero-order valence-electron chi connectivity index (χ0n) is 15.4. The van der Waals surface area contributed by atoms with E-state index in [4.69, 9.17) is 16.3 Å². The van der Waals surface area contributed by atoms with Crippen molar-refractivity contribution in [2.75, 3.05) is 13.7 Å². The molecule has 5 nitrogen and oxygen atoms in total. The van der Waals surface area contributed by atoms with E-state index in [0.717, 1.165) is 6.07 Å². The summed E-state index contributed by atoms with van der Waals surface area (Å²) in [5.74, 6) is -2.42. The largest absolute Gasteiger partial charge is 0.507 e. The van der Waals surface area contributed by atoms with Gasteiger partial charge in [-0.25, -0.2) is 4.39 Å². The van der Waals surface area contributed by atoms with E-state index in [2.05, 4.69) is 0 Å². The summed E-state index contributed by atoms with van der Waals surface area (Å²) in [5.41, 5.74) is 0.523. The average Bonchev–Trinajstić information content (AvgIpc) is 2.93. The van der Waals surface area contributed by atoms with E-state index in [1.807, 2.05) is 6.92 Å². The summed E-state index contributed by atoms with van der Waals surface area (Å²) < 4.78 is 19.0. The molecule has 1 saturated heterocycles. The van der Waals surface area contributed by atoms with E-state index < -0.39 is 29.3 Å². The quantitative estimate of drug-likeness (QED) is 0.458. The van der Waals surface area contributed by atoms with Crippen molar-refractivity contribution in [2.45, 2.75) is 19.4 Å². The number of ether oxygens (including phenoxy) is 1. The summed E-state index contributed by atoms with van der Waals surface area (Å²) in [4.78, 5) is 26.8. The molecular formula is C21H19ClFNO4. The van der Waals surface area contributed by atoms with E-state index in [1.54, 1.807) is 24.3 Å². The highest BCUT2D eigenvalue weighted by Crippen LogP contribution is 2.41. The number of hydrogen-bond acceptors (Lipinski definition) is 4. The van der Waals surface area contributed by atoms with Gasteiger partial charge in [0, 0.05) is 11.6 Å². The van der Waals surface area contributed by atoms with Gasteiger partial charge in [0.1, 0.15) is 17.3 Å². The lowest BCUT2D eigenvalue weighted by atomic mass is 9.95. The molecule has 3 rings (SSSR count). The van der Waals surface area contributed by atoms with Gasteiger partial charge in [-0.05, 0) is 42.3 Å². The minimum absolute atomic E-state index is 0.0101. The van der Waals surface area contributed by atoms with Gasteiger partial charge < -0.3 is 14.7 Å². The number of benzene rings is 2. The van der Waals surface area contributed by atoms with Crippen LogP contribution in [0, 0.1) is 5.82 Å². The number of carbonyl (C=O) groups is 2. The van der Waals surface area contributed by atoms with E-state index in [-0.39, 0.29) is 16.9 Å². The molecule has 7 heteroatoms. The molecule has 0 saturated carbocycles. The zero-order valence-corrected chi connectivity index (χ0v) is 16.2. The first-order valence-electron chi connectivity index (χ1n) is 8.76. The molecule has 1 aliphatic rings. The van der Waals surface area contributed by atoms with Crippen molar-refractivity contribution >= 4 is 29.1 Å². The molecule has 0 aliphatic carbocycles. The molecule has 1 amide bonds. The second-order valence-corrected chi connectivity index (χ2v) is 6.83. The molecule has 146 valence electrons. The Morgan fingerprint density at radius 3 is 2.50 bits per heavy atom. The van der Waals surface area contributed by atoms with Gasteiger partial charge in [0.05, 0.1) is 24.3 Å². The fraction of sp³-hybridized carbons (Fsp3) is 0.238. The molecule has 0 spiro atoms. The number of carbonyl (C=O) groups excluding carboxylic acids is 2. The van der Waals surface area contributed by atoms with Crippen LogP contribution in [0.2, 0.25) is 5.02 Å². The number of rotatable bonds is 5. The average molecular weight is 404 g/mol. The number of aliphatic hydroxyl groups excluding tert-OH is 1. The number of halogens is 2. The maximum absolute atomic E-state index is 13.8. The topological polar surface area (TPSA) is 66.8 Å². The Hall–Kier alpha value is -2.86. The van der Waals surface area contributed by atoms with Gasteiger partial charge in [0.2, 0.25) is 0 Å². The van der Waals surface area contributed by atoms with Crippen molar-refractivity contribution in [3.63, 3.8) is 0 Å². The van der Waals surface area contributed by atoms with Crippen LogP contribution in [0.1, 0.15) is 30.5 Å². The monoisotopic (exact) mass is 403 g/mol. The Labute approximate surface area is 167 Å². The molecule has 0 aromatic heterocycles. The third-order valence-corrected chi connectivity index (χ3v) is 4.86. The van der Waals surface area contributed by atoms with Crippen LogP contribution in [0.4, 0.5) is 4.39 Å². The van der Waals surface area contributed by atoms with Crippen LogP contribution >= 0.6 is 11.6 Å². The molecule has 1 fully saturated rings. The standard InChI is InChI=1S/C21H19ClFNO4/c1-3-10-24-18(12-4-6-13(22)7-5-12)17(20(26)21(24)27)19(25)15-11-14(23)8-9-16(15)28-2/h4-9,11,18,25H,3,10H2,1-2H3/b19-17+. The van der Waals surface area contributed by atoms with Crippen LogP contribution in [0.5, 0.6) is 5.75 Å². The van der Waals surface area contributed by atoms with Gasteiger partial charge in [0.25, 0.3) is 11.7 Å². The van der Waals surface area contributed by atoms with E-state index in [9.17, 15) is 19.1 Å². The fourth-order valence-electron chi connectivity index (χ4n) is 3.35. The Morgan fingerprint density at radius 1 is 1.21 bits per heavy atom. The maximum atomic E-state index is 13.8. The highest BCUT2D eigenvalue weighted by molar-refractivity contribution is 6.46. The third kappa shape index (κ3) is 3.47. The summed E-state index contributed by atoms with van der Waals surface area (Å²) in [6.07, 6.45) is 0.625. The van der Waals surface area contributed by atoms with Crippen molar-refractivity contribution in [3.8, 4) is 5.75 Å². The van der Waals surface area contributed by atoms with Crippen LogP contribution in [0.25, 0.3) is 5.76 Å². The molecular weight excluding hydrogens is 385 g/mol.